The monoisotopic (exact) mass is 348 g/mol. The van der Waals surface area contributed by atoms with E-state index >= 15 is 0 Å². The highest BCUT2D eigenvalue weighted by Gasteiger charge is 2.18. The van der Waals surface area contributed by atoms with Gasteiger partial charge in [0.25, 0.3) is 0 Å². The fraction of sp³-hybridized carbons (Fsp3) is 0.400. The molecule has 0 radical (unpaired) electrons. The Morgan fingerprint density at radius 1 is 1.38 bits per heavy atom. The van der Waals surface area contributed by atoms with Crippen LogP contribution in [-0.2, 0) is 4.79 Å². The molecule has 0 spiro atoms. The van der Waals surface area contributed by atoms with E-state index in [1.165, 1.54) is 0 Å². The van der Waals surface area contributed by atoms with E-state index < -0.39 is 0 Å². The summed E-state index contributed by atoms with van der Waals surface area (Å²) in [5.74, 6) is 0.917. The van der Waals surface area contributed by atoms with Crippen molar-refractivity contribution in [2.45, 2.75) is 19.3 Å². The van der Waals surface area contributed by atoms with Gasteiger partial charge in [0.1, 0.15) is 0 Å². The number of nitrogens with one attached hydrogen (secondary N) is 1. The summed E-state index contributed by atoms with van der Waals surface area (Å²) < 4.78 is 1.02. The van der Waals surface area contributed by atoms with E-state index in [9.17, 15) is 4.79 Å². The number of rotatable bonds is 5. The molecule has 0 unspecified atom stereocenters. The summed E-state index contributed by atoms with van der Waals surface area (Å²) in [6.45, 7) is 2.48. The Labute approximate surface area is 131 Å². The van der Waals surface area contributed by atoms with Gasteiger partial charge >= 0.3 is 0 Å². The van der Waals surface area contributed by atoms with Gasteiger partial charge < -0.3 is 10.2 Å². The topological polar surface area (TPSA) is 58.1 Å². The molecule has 1 saturated heterocycles. The van der Waals surface area contributed by atoms with Crippen molar-refractivity contribution >= 4 is 38.7 Å². The molecule has 1 aliphatic heterocycles. The quantitative estimate of drug-likeness (QED) is 0.844. The number of nitrogens with zero attached hydrogens (tertiary/aromatic N) is 3. The lowest BCUT2D eigenvalue weighted by Crippen LogP contribution is -2.27. The molecule has 6 heteroatoms. The second kappa shape index (κ2) is 6.39. The SMILES string of the molecule is O=C1CCCN1CCCNc1ncc2cc(Br)ccc2n1. The van der Waals surface area contributed by atoms with Crippen LogP contribution in [0.25, 0.3) is 10.9 Å². The van der Waals surface area contributed by atoms with Crippen molar-refractivity contribution in [3.8, 4) is 0 Å². The summed E-state index contributed by atoms with van der Waals surface area (Å²) >= 11 is 3.44. The average Bonchev–Trinajstić information content (AvgIpc) is 2.89. The summed E-state index contributed by atoms with van der Waals surface area (Å²) in [4.78, 5) is 22.2. The summed E-state index contributed by atoms with van der Waals surface area (Å²) in [5, 5.41) is 4.23. The summed E-state index contributed by atoms with van der Waals surface area (Å²) in [6.07, 6.45) is 4.43. The number of benzene rings is 1. The van der Waals surface area contributed by atoms with Gasteiger partial charge in [-0.1, -0.05) is 15.9 Å². The van der Waals surface area contributed by atoms with Gasteiger partial charge in [-0.2, -0.15) is 0 Å². The van der Waals surface area contributed by atoms with Gasteiger partial charge in [0.05, 0.1) is 5.52 Å². The molecule has 1 fully saturated rings. The molecule has 5 nitrogen and oxygen atoms in total. The second-order valence-electron chi connectivity index (χ2n) is 5.16. The standard InChI is InChI=1S/C15H17BrN4O/c16-12-4-5-13-11(9-12)10-18-15(19-13)17-6-2-8-20-7-1-3-14(20)21/h4-5,9-10H,1-3,6-8H2,(H,17,18,19). The van der Waals surface area contributed by atoms with Gasteiger partial charge in [-0.05, 0) is 31.0 Å². The molecule has 1 N–H and O–H groups in total. The van der Waals surface area contributed by atoms with Gasteiger partial charge in [-0.15, -0.1) is 0 Å². The average molecular weight is 349 g/mol. The van der Waals surface area contributed by atoms with Gasteiger partial charge in [0.15, 0.2) is 0 Å². The van der Waals surface area contributed by atoms with Crippen molar-refractivity contribution in [3.63, 3.8) is 0 Å². The number of aromatic nitrogens is 2. The summed E-state index contributed by atoms with van der Waals surface area (Å²) in [7, 11) is 0. The number of anilines is 1. The molecule has 0 aliphatic carbocycles. The van der Waals surface area contributed by atoms with Crippen molar-refractivity contribution in [1.82, 2.24) is 14.9 Å². The molecule has 1 aromatic heterocycles. The van der Waals surface area contributed by atoms with Crippen LogP contribution in [0.2, 0.25) is 0 Å². The van der Waals surface area contributed by atoms with Crippen LogP contribution in [0, 0.1) is 0 Å². The maximum atomic E-state index is 11.5. The van der Waals surface area contributed by atoms with Crippen molar-refractivity contribution in [1.29, 1.82) is 0 Å². The van der Waals surface area contributed by atoms with E-state index in [4.69, 9.17) is 0 Å². The van der Waals surface area contributed by atoms with Crippen molar-refractivity contribution < 1.29 is 4.79 Å². The third-order valence-electron chi connectivity index (χ3n) is 3.60. The predicted molar refractivity (Wildman–Crippen MR) is 86.2 cm³/mol. The fourth-order valence-electron chi connectivity index (χ4n) is 2.50. The first-order valence-corrected chi connectivity index (χ1v) is 7.96. The third-order valence-corrected chi connectivity index (χ3v) is 4.09. The van der Waals surface area contributed by atoms with Crippen molar-refractivity contribution in [2.24, 2.45) is 0 Å². The molecular weight excluding hydrogens is 332 g/mol. The Morgan fingerprint density at radius 2 is 2.29 bits per heavy atom. The highest BCUT2D eigenvalue weighted by atomic mass is 79.9. The van der Waals surface area contributed by atoms with Crippen molar-refractivity contribution in [2.75, 3.05) is 25.0 Å². The first-order chi connectivity index (χ1) is 10.2. The Kier molecular flexibility index (Phi) is 4.34. The Balaban J connectivity index is 1.53. The number of carbonyl (C=O) groups excluding carboxylic acids is 1. The molecule has 0 bridgehead atoms. The van der Waals surface area contributed by atoms with E-state index in [0.29, 0.717) is 12.4 Å². The number of hydrogen-bond donors (Lipinski definition) is 1. The second-order valence-corrected chi connectivity index (χ2v) is 6.08. The molecular formula is C15H17BrN4O. The van der Waals surface area contributed by atoms with Crippen molar-refractivity contribution in [3.05, 3.63) is 28.9 Å². The Hall–Kier alpha value is -1.69. The van der Waals surface area contributed by atoms with Gasteiger partial charge in [-0.3, -0.25) is 4.79 Å². The lowest BCUT2D eigenvalue weighted by atomic mass is 10.2. The number of halogens is 1. The number of fused-ring (bicyclic) bond motifs is 1. The van der Waals surface area contributed by atoms with Crippen LogP contribution in [0.5, 0.6) is 0 Å². The minimum atomic E-state index is 0.280. The smallest absolute Gasteiger partial charge is 0.223 e. The molecule has 3 rings (SSSR count). The zero-order valence-electron chi connectivity index (χ0n) is 11.7. The lowest BCUT2D eigenvalue weighted by Gasteiger charge is -2.15. The molecule has 21 heavy (non-hydrogen) atoms. The van der Waals surface area contributed by atoms with Crippen LogP contribution in [0.15, 0.2) is 28.9 Å². The summed E-state index contributed by atoms with van der Waals surface area (Å²) in [6, 6.07) is 5.94. The van der Waals surface area contributed by atoms with E-state index in [1.54, 1.807) is 0 Å². The number of hydrogen-bond acceptors (Lipinski definition) is 4. The summed E-state index contributed by atoms with van der Waals surface area (Å²) in [5.41, 5.74) is 0.922. The fourth-order valence-corrected chi connectivity index (χ4v) is 2.88. The van der Waals surface area contributed by atoms with E-state index in [1.807, 2.05) is 29.3 Å². The molecule has 1 amide bonds. The van der Waals surface area contributed by atoms with Crippen LogP contribution < -0.4 is 5.32 Å². The van der Waals surface area contributed by atoms with Crippen LogP contribution in [0.1, 0.15) is 19.3 Å². The zero-order chi connectivity index (χ0) is 14.7. The molecule has 2 aromatic rings. The zero-order valence-corrected chi connectivity index (χ0v) is 13.3. The van der Waals surface area contributed by atoms with Crippen LogP contribution >= 0.6 is 15.9 Å². The molecule has 0 saturated carbocycles. The van der Waals surface area contributed by atoms with E-state index in [0.717, 1.165) is 47.9 Å². The molecule has 2 heterocycles. The van der Waals surface area contributed by atoms with Gasteiger partial charge in [-0.25, -0.2) is 9.97 Å². The third kappa shape index (κ3) is 3.50. The molecule has 0 atom stereocenters. The highest BCUT2D eigenvalue weighted by Crippen LogP contribution is 2.18. The molecule has 110 valence electrons. The maximum absolute atomic E-state index is 11.5. The number of carbonyl (C=O) groups is 1. The Morgan fingerprint density at radius 3 is 3.10 bits per heavy atom. The molecule has 1 aromatic carbocycles. The minimum absolute atomic E-state index is 0.280. The van der Waals surface area contributed by atoms with Crippen LogP contribution in [0.4, 0.5) is 5.95 Å². The van der Waals surface area contributed by atoms with Crippen LogP contribution in [-0.4, -0.2) is 40.4 Å². The van der Waals surface area contributed by atoms with Crippen LogP contribution in [0.3, 0.4) is 0 Å². The lowest BCUT2D eigenvalue weighted by molar-refractivity contribution is -0.127. The van der Waals surface area contributed by atoms with Gasteiger partial charge in [0.2, 0.25) is 11.9 Å². The largest absolute Gasteiger partial charge is 0.354 e. The Bertz CT molecular complexity index is 661. The normalized spacial score (nSPS) is 14.9. The van der Waals surface area contributed by atoms with E-state index in [-0.39, 0.29) is 5.91 Å². The first-order valence-electron chi connectivity index (χ1n) is 7.16. The number of likely N-dealkylation sites (tertiary alicyclic amines) is 1. The predicted octanol–water partition coefficient (Wildman–Crippen LogP) is 2.82. The minimum Gasteiger partial charge on any atom is -0.354 e. The first kappa shape index (κ1) is 14.3. The maximum Gasteiger partial charge on any atom is 0.223 e. The van der Waals surface area contributed by atoms with Gasteiger partial charge in [0, 0.05) is 42.1 Å². The highest BCUT2D eigenvalue weighted by molar-refractivity contribution is 9.10. The van der Waals surface area contributed by atoms with E-state index in [2.05, 4.69) is 31.2 Å². The number of amides is 1. The molecule has 1 aliphatic rings.